The summed E-state index contributed by atoms with van der Waals surface area (Å²) in [4.78, 5) is 22.9. The van der Waals surface area contributed by atoms with Crippen LogP contribution in [0.5, 0.6) is 0 Å². The van der Waals surface area contributed by atoms with Crippen LogP contribution in [0, 0.1) is 0 Å². The number of aliphatic hydroxyl groups excluding tert-OH is 1. The predicted octanol–water partition coefficient (Wildman–Crippen LogP) is 9.12. The topological polar surface area (TPSA) is 105 Å². The van der Waals surface area contributed by atoms with Crippen LogP contribution in [0.3, 0.4) is 0 Å². The van der Waals surface area contributed by atoms with E-state index in [9.17, 15) is 19.4 Å². The van der Waals surface area contributed by atoms with E-state index >= 15 is 0 Å². The van der Waals surface area contributed by atoms with Gasteiger partial charge in [0.1, 0.15) is 13.2 Å². The first kappa shape index (κ1) is 45.2. The molecule has 0 aliphatic rings. The molecule has 0 spiro atoms. The molecule has 0 aliphatic heterocycles. The molecule has 3 unspecified atom stereocenters. The monoisotopic (exact) mass is 681 g/mol. The second-order valence-electron chi connectivity index (χ2n) is 13.2. The molecule has 0 aliphatic carbocycles. The summed E-state index contributed by atoms with van der Waals surface area (Å²) in [5.41, 5.74) is 0. The zero-order valence-electron chi connectivity index (χ0n) is 30.5. The third kappa shape index (κ3) is 32.5. The largest absolute Gasteiger partial charge is 0.472 e. The van der Waals surface area contributed by atoms with Gasteiger partial charge in [0.25, 0.3) is 0 Å². The maximum atomic E-state index is 12.7. The van der Waals surface area contributed by atoms with E-state index in [1.165, 1.54) is 38.5 Å². The summed E-state index contributed by atoms with van der Waals surface area (Å²) in [6, 6.07) is -0.877. The lowest BCUT2D eigenvalue weighted by atomic mass is 10.1. The number of carbonyl (C=O) groups excluding carboxylic acids is 1. The van der Waals surface area contributed by atoms with Gasteiger partial charge in [-0.1, -0.05) is 113 Å². The van der Waals surface area contributed by atoms with Gasteiger partial charge in [-0.3, -0.25) is 13.8 Å². The van der Waals surface area contributed by atoms with E-state index in [0.29, 0.717) is 17.4 Å². The summed E-state index contributed by atoms with van der Waals surface area (Å²) >= 11 is 0. The Morgan fingerprint density at radius 2 is 1.30 bits per heavy atom. The standard InChI is InChI=1S/C38H69N2O6P/c1-6-8-10-12-14-16-18-20-22-24-26-28-30-32-38(42)39-36(35-46-47(43,44)45-34-33-40(3,4)5)37(41)31-29-27-25-23-21-19-17-15-13-11-9-7-2/h8,10,14,16,20-23,29,31,36-37,41H,6-7,9,11-13,15,17-19,24-28,30,32-35H2,1-5H3,(H-,39,42,43,44)/p+1/b10-8-,16-14-,22-20-,23-21+,31-29+. The van der Waals surface area contributed by atoms with Crippen molar-refractivity contribution in [2.24, 2.45) is 0 Å². The van der Waals surface area contributed by atoms with E-state index in [0.717, 1.165) is 64.2 Å². The number of phosphoric acid groups is 1. The molecule has 0 bridgehead atoms. The highest BCUT2D eigenvalue weighted by Gasteiger charge is 2.27. The summed E-state index contributed by atoms with van der Waals surface area (Å²) in [6.45, 7) is 4.59. The maximum absolute atomic E-state index is 12.7. The van der Waals surface area contributed by atoms with Crippen molar-refractivity contribution in [3.8, 4) is 0 Å². The number of hydrogen-bond acceptors (Lipinski definition) is 5. The number of likely N-dealkylation sites (N-methyl/N-ethyl adjacent to an activating group) is 1. The zero-order valence-corrected chi connectivity index (χ0v) is 31.4. The predicted molar refractivity (Wildman–Crippen MR) is 198 cm³/mol. The lowest BCUT2D eigenvalue weighted by Gasteiger charge is -2.25. The van der Waals surface area contributed by atoms with E-state index < -0.39 is 20.0 Å². The van der Waals surface area contributed by atoms with Crippen LogP contribution in [0.1, 0.15) is 123 Å². The Morgan fingerprint density at radius 3 is 1.96 bits per heavy atom. The normalized spacial score (nSPS) is 15.5. The van der Waals surface area contributed by atoms with E-state index in [4.69, 9.17) is 9.05 Å². The van der Waals surface area contributed by atoms with Crippen LogP contribution in [-0.4, -0.2) is 73.4 Å². The Kier molecular flexibility index (Phi) is 29.1. The fourth-order valence-electron chi connectivity index (χ4n) is 4.54. The van der Waals surface area contributed by atoms with Gasteiger partial charge in [0.05, 0.1) is 39.9 Å². The van der Waals surface area contributed by atoms with Crippen molar-refractivity contribution >= 4 is 13.7 Å². The van der Waals surface area contributed by atoms with Gasteiger partial charge >= 0.3 is 7.82 Å². The Bertz CT molecular complexity index is 954. The lowest BCUT2D eigenvalue weighted by molar-refractivity contribution is -0.870. The molecular weight excluding hydrogens is 611 g/mol. The molecule has 0 fully saturated rings. The summed E-state index contributed by atoms with van der Waals surface area (Å²) < 4.78 is 23.4. The average Bonchev–Trinajstić information content (AvgIpc) is 3.01. The molecule has 0 rings (SSSR count). The number of phosphoric ester groups is 1. The number of allylic oxidation sites excluding steroid dienone is 9. The van der Waals surface area contributed by atoms with Gasteiger partial charge in [0, 0.05) is 6.42 Å². The summed E-state index contributed by atoms with van der Waals surface area (Å²) in [5.74, 6) is -0.222. The van der Waals surface area contributed by atoms with Crippen LogP contribution in [0.25, 0.3) is 0 Å². The minimum atomic E-state index is -4.34. The molecule has 0 aromatic rings. The molecule has 3 atom stereocenters. The second kappa shape index (κ2) is 30.3. The first-order valence-electron chi connectivity index (χ1n) is 18.2. The number of aliphatic hydroxyl groups is 1. The van der Waals surface area contributed by atoms with Crippen molar-refractivity contribution in [3.05, 3.63) is 60.8 Å². The molecule has 1 amide bonds. The molecule has 9 heteroatoms. The highest BCUT2D eigenvalue weighted by molar-refractivity contribution is 7.47. The maximum Gasteiger partial charge on any atom is 0.472 e. The van der Waals surface area contributed by atoms with Crippen molar-refractivity contribution in [1.82, 2.24) is 5.32 Å². The van der Waals surface area contributed by atoms with Gasteiger partial charge in [-0.05, 0) is 64.2 Å². The van der Waals surface area contributed by atoms with Crippen LogP contribution in [0.2, 0.25) is 0 Å². The minimum Gasteiger partial charge on any atom is -0.387 e. The van der Waals surface area contributed by atoms with E-state index in [1.807, 2.05) is 27.2 Å². The molecule has 0 saturated heterocycles. The lowest BCUT2D eigenvalue weighted by Crippen LogP contribution is -2.45. The first-order valence-corrected chi connectivity index (χ1v) is 19.7. The van der Waals surface area contributed by atoms with Crippen molar-refractivity contribution in [2.45, 2.75) is 135 Å². The number of nitrogens with zero attached hydrogens (tertiary/aromatic N) is 1. The summed E-state index contributed by atoms with van der Waals surface area (Å²) in [7, 11) is 1.52. The second-order valence-corrected chi connectivity index (χ2v) is 14.7. The molecule has 8 nitrogen and oxygen atoms in total. The van der Waals surface area contributed by atoms with Crippen molar-refractivity contribution < 1.29 is 32.9 Å². The third-order valence-corrected chi connectivity index (χ3v) is 8.46. The van der Waals surface area contributed by atoms with E-state index in [2.05, 4.69) is 67.8 Å². The fraction of sp³-hybridized carbons (Fsp3) is 0.711. The SMILES string of the molecule is CC/C=C\C/C=C\C/C=C\CCCCCC(=O)NC(COP(=O)(O)OCC[N+](C)(C)C)C(O)/C=C/CC/C=C/CCCCCCCC. The summed E-state index contributed by atoms with van der Waals surface area (Å²) in [5, 5.41) is 13.7. The molecule has 0 saturated carbocycles. The molecule has 0 radical (unpaired) electrons. The van der Waals surface area contributed by atoms with E-state index in [1.54, 1.807) is 6.08 Å². The first-order chi connectivity index (χ1) is 22.5. The van der Waals surface area contributed by atoms with Crippen LogP contribution >= 0.6 is 7.82 Å². The molecule has 3 N–H and O–H groups in total. The minimum absolute atomic E-state index is 0.0473. The molecule has 0 heterocycles. The number of nitrogens with one attached hydrogen (secondary N) is 1. The highest BCUT2D eigenvalue weighted by atomic mass is 31.2. The summed E-state index contributed by atoms with van der Waals surface area (Å²) in [6.07, 6.45) is 37.2. The van der Waals surface area contributed by atoms with Crippen molar-refractivity contribution in [3.63, 3.8) is 0 Å². The fourth-order valence-corrected chi connectivity index (χ4v) is 5.27. The Labute approximate surface area is 288 Å². The van der Waals surface area contributed by atoms with Crippen LogP contribution in [0.4, 0.5) is 0 Å². The number of carbonyl (C=O) groups is 1. The number of quaternary nitrogens is 1. The van der Waals surface area contributed by atoms with Gasteiger partial charge in [-0.2, -0.15) is 0 Å². The molecule has 47 heavy (non-hydrogen) atoms. The quantitative estimate of drug-likeness (QED) is 0.0292. The smallest absolute Gasteiger partial charge is 0.387 e. The number of rotatable bonds is 31. The molecular formula is C38H70N2O6P+. The van der Waals surface area contributed by atoms with Crippen molar-refractivity contribution in [2.75, 3.05) is 40.9 Å². The molecule has 0 aromatic heterocycles. The highest BCUT2D eigenvalue weighted by Crippen LogP contribution is 2.43. The Morgan fingerprint density at radius 1 is 0.745 bits per heavy atom. The van der Waals surface area contributed by atoms with Gasteiger partial charge in [-0.25, -0.2) is 4.57 Å². The Hall–Kier alpha value is -1.80. The van der Waals surface area contributed by atoms with Gasteiger partial charge in [0.15, 0.2) is 0 Å². The van der Waals surface area contributed by atoms with Crippen LogP contribution < -0.4 is 5.32 Å². The number of hydrogen-bond donors (Lipinski definition) is 3. The number of unbranched alkanes of at least 4 members (excludes halogenated alkanes) is 10. The van der Waals surface area contributed by atoms with Crippen molar-refractivity contribution in [1.29, 1.82) is 0 Å². The third-order valence-electron chi connectivity index (χ3n) is 7.47. The Balaban J connectivity index is 4.70. The van der Waals surface area contributed by atoms with Gasteiger partial charge < -0.3 is 19.8 Å². The van der Waals surface area contributed by atoms with Crippen LogP contribution in [0.15, 0.2) is 60.8 Å². The van der Waals surface area contributed by atoms with Crippen LogP contribution in [-0.2, 0) is 18.4 Å². The number of amides is 1. The van der Waals surface area contributed by atoms with Gasteiger partial charge in [0.2, 0.25) is 5.91 Å². The zero-order chi connectivity index (χ0) is 35.1. The van der Waals surface area contributed by atoms with Gasteiger partial charge in [-0.15, -0.1) is 0 Å². The molecule has 0 aromatic carbocycles. The average molecular weight is 682 g/mol. The van der Waals surface area contributed by atoms with E-state index in [-0.39, 0.29) is 19.1 Å². The molecule has 272 valence electrons.